The van der Waals surface area contributed by atoms with E-state index in [4.69, 9.17) is 5.73 Å². The summed E-state index contributed by atoms with van der Waals surface area (Å²) in [6.07, 6.45) is 0. The minimum absolute atomic E-state index is 0.157. The van der Waals surface area contributed by atoms with Gasteiger partial charge in [0.15, 0.2) is 0 Å². The predicted octanol–water partition coefficient (Wildman–Crippen LogP) is 4.23. The number of carbonyl (C=O) groups is 2. The molecule has 138 valence electrons. The molecule has 0 bridgehead atoms. The van der Waals surface area contributed by atoms with Crippen molar-refractivity contribution in [2.45, 2.75) is 0 Å². The summed E-state index contributed by atoms with van der Waals surface area (Å²) in [7, 11) is 0. The Kier molecular flexibility index (Phi) is 4.87. The van der Waals surface area contributed by atoms with Crippen molar-refractivity contribution < 1.29 is 9.59 Å². The lowest BCUT2D eigenvalue weighted by Gasteiger charge is -2.22. The van der Waals surface area contributed by atoms with Crippen molar-refractivity contribution in [2.24, 2.45) is 5.73 Å². The van der Waals surface area contributed by atoms with Gasteiger partial charge >= 0.3 is 0 Å². The van der Waals surface area contributed by atoms with Crippen LogP contribution in [0.4, 0.5) is 0 Å². The van der Waals surface area contributed by atoms with E-state index in [2.05, 4.69) is 0 Å². The molecule has 0 spiro atoms. The normalized spacial score (nSPS) is 10.9. The Labute approximate surface area is 163 Å². The standard InChI is InChI=1S/C24H20N2O2/c25-15-16-26(23(27)21-13-5-9-17-7-1-3-11-19(17)21)24(28)22-14-6-10-18-8-2-4-12-20(18)22/h1-14H,15-16,25H2. The Hall–Kier alpha value is -3.50. The number of hydrogen-bond donors (Lipinski definition) is 1. The second kappa shape index (κ2) is 7.62. The highest BCUT2D eigenvalue weighted by atomic mass is 16.2. The lowest BCUT2D eigenvalue weighted by molar-refractivity contribution is 0.0623. The zero-order valence-corrected chi connectivity index (χ0v) is 15.3. The van der Waals surface area contributed by atoms with Crippen molar-refractivity contribution in [1.29, 1.82) is 0 Å². The maximum absolute atomic E-state index is 13.3. The largest absolute Gasteiger partial charge is 0.329 e. The molecule has 4 nitrogen and oxygen atoms in total. The van der Waals surface area contributed by atoms with Crippen molar-refractivity contribution in [3.8, 4) is 0 Å². The van der Waals surface area contributed by atoms with E-state index in [-0.39, 0.29) is 24.9 Å². The second-order valence-electron chi connectivity index (χ2n) is 6.60. The van der Waals surface area contributed by atoms with Gasteiger partial charge in [0.25, 0.3) is 11.8 Å². The van der Waals surface area contributed by atoms with Crippen molar-refractivity contribution in [1.82, 2.24) is 4.90 Å². The highest BCUT2D eigenvalue weighted by Crippen LogP contribution is 2.23. The molecule has 0 saturated heterocycles. The minimum Gasteiger partial charge on any atom is -0.329 e. The third-order valence-electron chi connectivity index (χ3n) is 4.88. The van der Waals surface area contributed by atoms with Crippen molar-refractivity contribution in [2.75, 3.05) is 13.1 Å². The summed E-state index contributed by atoms with van der Waals surface area (Å²) in [6, 6.07) is 26.4. The Morgan fingerprint density at radius 2 is 1.07 bits per heavy atom. The van der Waals surface area contributed by atoms with Crippen LogP contribution in [0.5, 0.6) is 0 Å². The van der Waals surface area contributed by atoms with Crippen molar-refractivity contribution in [3.05, 3.63) is 96.1 Å². The van der Waals surface area contributed by atoms with E-state index in [0.29, 0.717) is 11.1 Å². The molecular formula is C24H20N2O2. The van der Waals surface area contributed by atoms with Crippen LogP contribution >= 0.6 is 0 Å². The molecule has 0 saturated carbocycles. The van der Waals surface area contributed by atoms with Crippen LogP contribution in [0.1, 0.15) is 20.7 Å². The van der Waals surface area contributed by atoms with Gasteiger partial charge in [-0.25, -0.2) is 0 Å². The summed E-state index contributed by atoms with van der Waals surface area (Å²) in [5, 5.41) is 3.56. The molecule has 2 amide bonds. The number of nitrogens with two attached hydrogens (primary N) is 1. The van der Waals surface area contributed by atoms with Crippen LogP contribution in [0, 0.1) is 0 Å². The summed E-state index contributed by atoms with van der Waals surface area (Å²) in [6.45, 7) is 0.358. The zero-order chi connectivity index (χ0) is 19.5. The van der Waals surface area contributed by atoms with Crippen LogP contribution in [0.15, 0.2) is 84.9 Å². The minimum atomic E-state index is -0.333. The number of amides is 2. The summed E-state index contributed by atoms with van der Waals surface area (Å²) in [4.78, 5) is 28.0. The van der Waals surface area contributed by atoms with Crippen LogP contribution < -0.4 is 5.73 Å². The molecule has 0 aliphatic rings. The summed E-state index contributed by atoms with van der Waals surface area (Å²) in [5.74, 6) is -0.666. The molecule has 4 rings (SSSR count). The van der Waals surface area contributed by atoms with Gasteiger partial charge < -0.3 is 5.73 Å². The predicted molar refractivity (Wildman–Crippen MR) is 112 cm³/mol. The molecule has 0 aromatic heterocycles. The van der Waals surface area contributed by atoms with Gasteiger partial charge in [-0.2, -0.15) is 0 Å². The lowest BCUT2D eigenvalue weighted by Crippen LogP contribution is -2.40. The Bertz CT molecular complexity index is 1080. The molecule has 28 heavy (non-hydrogen) atoms. The molecule has 4 aromatic carbocycles. The Morgan fingerprint density at radius 3 is 1.54 bits per heavy atom. The summed E-state index contributed by atoms with van der Waals surface area (Å²) >= 11 is 0. The van der Waals surface area contributed by atoms with Crippen LogP contribution in [0.3, 0.4) is 0 Å². The van der Waals surface area contributed by atoms with E-state index in [1.54, 1.807) is 12.1 Å². The highest BCUT2D eigenvalue weighted by Gasteiger charge is 2.25. The molecule has 0 aliphatic carbocycles. The average molecular weight is 368 g/mol. The number of fused-ring (bicyclic) bond motifs is 2. The zero-order valence-electron chi connectivity index (χ0n) is 15.3. The molecule has 4 heteroatoms. The molecule has 0 fully saturated rings. The van der Waals surface area contributed by atoms with E-state index in [1.165, 1.54) is 4.90 Å². The number of imide groups is 1. The fourth-order valence-corrected chi connectivity index (χ4v) is 3.54. The molecule has 0 aliphatic heterocycles. The van der Waals surface area contributed by atoms with Gasteiger partial charge in [0.1, 0.15) is 0 Å². The van der Waals surface area contributed by atoms with Crippen LogP contribution in [-0.4, -0.2) is 29.8 Å². The third-order valence-corrected chi connectivity index (χ3v) is 4.88. The second-order valence-corrected chi connectivity index (χ2v) is 6.60. The van der Waals surface area contributed by atoms with E-state index in [1.807, 2.05) is 72.8 Å². The summed E-state index contributed by atoms with van der Waals surface area (Å²) in [5.41, 5.74) is 6.74. The Balaban J connectivity index is 1.80. The smallest absolute Gasteiger partial charge is 0.261 e. The maximum Gasteiger partial charge on any atom is 0.261 e. The van der Waals surface area contributed by atoms with Gasteiger partial charge in [-0.3, -0.25) is 14.5 Å². The summed E-state index contributed by atoms with van der Waals surface area (Å²) < 4.78 is 0. The number of benzene rings is 4. The quantitative estimate of drug-likeness (QED) is 0.548. The highest BCUT2D eigenvalue weighted by molar-refractivity contribution is 6.18. The monoisotopic (exact) mass is 368 g/mol. The van der Waals surface area contributed by atoms with Gasteiger partial charge in [-0.05, 0) is 33.7 Å². The molecule has 0 atom stereocenters. The first-order chi connectivity index (χ1) is 13.7. The van der Waals surface area contributed by atoms with Gasteiger partial charge in [0, 0.05) is 24.2 Å². The molecule has 0 radical (unpaired) electrons. The van der Waals surface area contributed by atoms with Crippen molar-refractivity contribution in [3.63, 3.8) is 0 Å². The SMILES string of the molecule is NCCN(C(=O)c1cccc2ccccc12)C(=O)c1cccc2ccccc12. The lowest BCUT2D eigenvalue weighted by atomic mass is 10.0. The molecular weight excluding hydrogens is 348 g/mol. The molecule has 2 N–H and O–H groups in total. The van der Waals surface area contributed by atoms with E-state index in [0.717, 1.165) is 21.5 Å². The van der Waals surface area contributed by atoms with Gasteiger partial charge in [-0.15, -0.1) is 0 Å². The van der Waals surface area contributed by atoms with Gasteiger partial charge in [0.2, 0.25) is 0 Å². The van der Waals surface area contributed by atoms with E-state index in [9.17, 15) is 9.59 Å². The number of carbonyl (C=O) groups excluding carboxylic acids is 2. The third kappa shape index (κ3) is 3.15. The van der Waals surface area contributed by atoms with E-state index < -0.39 is 0 Å². The van der Waals surface area contributed by atoms with E-state index >= 15 is 0 Å². The fourth-order valence-electron chi connectivity index (χ4n) is 3.54. The fraction of sp³-hybridized carbons (Fsp3) is 0.0833. The molecule has 4 aromatic rings. The molecule has 0 heterocycles. The number of nitrogens with zero attached hydrogens (tertiary/aromatic N) is 1. The number of rotatable bonds is 4. The first-order valence-electron chi connectivity index (χ1n) is 9.22. The maximum atomic E-state index is 13.3. The molecule has 0 unspecified atom stereocenters. The van der Waals surface area contributed by atoms with Crippen LogP contribution in [0.2, 0.25) is 0 Å². The Morgan fingerprint density at radius 1 is 0.643 bits per heavy atom. The van der Waals surface area contributed by atoms with Crippen LogP contribution in [-0.2, 0) is 0 Å². The number of hydrogen-bond acceptors (Lipinski definition) is 3. The van der Waals surface area contributed by atoms with Crippen molar-refractivity contribution >= 4 is 33.4 Å². The van der Waals surface area contributed by atoms with Gasteiger partial charge in [0.05, 0.1) is 0 Å². The first kappa shape index (κ1) is 17.9. The average Bonchev–Trinajstić information content (AvgIpc) is 2.76. The first-order valence-corrected chi connectivity index (χ1v) is 9.22. The topological polar surface area (TPSA) is 63.4 Å². The van der Waals surface area contributed by atoms with Crippen LogP contribution in [0.25, 0.3) is 21.5 Å². The van der Waals surface area contributed by atoms with Gasteiger partial charge in [-0.1, -0.05) is 72.8 Å².